The third-order valence-electron chi connectivity index (χ3n) is 14.1. The molecule has 0 radical (unpaired) electrons. The number of aromatic nitrogens is 3. The average molecular weight is 1030 g/mol. The van der Waals surface area contributed by atoms with Gasteiger partial charge in [-0.05, 0) is 143 Å². The minimum atomic E-state index is -1.45. The lowest BCUT2D eigenvalue weighted by atomic mass is 9.90. The minimum Gasteiger partial charge on any atom is -0.545 e. The summed E-state index contributed by atoms with van der Waals surface area (Å²) in [6.45, 7) is 0.723. The van der Waals surface area contributed by atoms with Crippen LogP contribution in [0.1, 0.15) is 81.8 Å². The number of carbonyl (C=O) groups excluding carboxylic acids is 2. The van der Waals surface area contributed by atoms with Crippen molar-refractivity contribution in [2.75, 3.05) is 13.2 Å². The number of nitrogens with zero attached hydrogens (tertiary/aromatic N) is 2. The van der Waals surface area contributed by atoms with E-state index in [0.29, 0.717) is 86.9 Å². The van der Waals surface area contributed by atoms with Crippen LogP contribution in [0.3, 0.4) is 0 Å². The fourth-order valence-electron chi connectivity index (χ4n) is 10.2. The van der Waals surface area contributed by atoms with E-state index in [1.807, 2.05) is 54.6 Å². The summed E-state index contributed by atoms with van der Waals surface area (Å²) in [6.07, 6.45) is 7.30. The van der Waals surface area contributed by atoms with Gasteiger partial charge in [-0.3, -0.25) is 14.2 Å². The summed E-state index contributed by atoms with van der Waals surface area (Å²) in [5.41, 5.74) is 5.66. The standard InChI is InChI=1S/C63H51FN4O9/c64-52-30-38(32-54-62(73)68-36-55(39-13-18-43(69)19-14-39)66-53(60(68)67-54)31-37-10-6-5-7-11-37)12-27-56(52)76-29-9-4-2-1-3-8-28-65-61(72)42-17-22-48(51(35-42)63(74)75)57-49-23-15-40-33-44(70)20-25-46(40)58(49)77-59-47-26-21-45(71)34-41(47)16-24-50(57)59/h5-7,10-27,30,33-36H,1-4,8-9,28-29,31-32H2,(H5-,65,66,69,70,71,72,73,74,75). The Kier molecular flexibility index (Phi) is 13.8. The molecule has 8 aromatic carbocycles. The molecule has 0 aliphatic carbocycles. The third-order valence-corrected chi connectivity index (χ3v) is 14.1. The number of carboxylic acids is 1. The quantitative estimate of drug-likeness (QED) is 0.0238. The molecule has 3 heterocycles. The van der Waals surface area contributed by atoms with E-state index in [9.17, 15) is 34.8 Å². The Labute approximate surface area is 440 Å². The average Bonchev–Trinajstić information content (AvgIpc) is 3.88. The largest absolute Gasteiger partial charge is 0.545 e. The first-order chi connectivity index (χ1) is 37.4. The monoisotopic (exact) mass is 1030 g/mol. The molecule has 5 N–H and O–H groups in total. The van der Waals surface area contributed by atoms with Gasteiger partial charge in [0, 0.05) is 42.3 Å². The van der Waals surface area contributed by atoms with Crippen LogP contribution in [-0.2, 0) is 12.8 Å². The van der Waals surface area contributed by atoms with Crippen LogP contribution in [0.15, 0.2) is 167 Å². The second-order valence-corrected chi connectivity index (χ2v) is 19.3. The molecule has 77 heavy (non-hydrogen) atoms. The van der Waals surface area contributed by atoms with E-state index in [1.165, 1.54) is 16.7 Å². The van der Waals surface area contributed by atoms with Crippen LogP contribution in [-0.4, -0.2) is 54.9 Å². The first-order valence-corrected chi connectivity index (χ1v) is 25.5. The summed E-state index contributed by atoms with van der Waals surface area (Å²) in [5, 5.41) is 50.2. The molecule has 13 nitrogen and oxygen atoms in total. The number of hydrogen-bond acceptors (Lipinski definition) is 9. The summed E-state index contributed by atoms with van der Waals surface area (Å²) in [6, 6.07) is 43.0. The van der Waals surface area contributed by atoms with Crippen molar-refractivity contribution in [3.05, 3.63) is 208 Å². The molecule has 9 aromatic rings. The molecule has 0 fully saturated rings. The Morgan fingerprint density at radius 2 is 1.32 bits per heavy atom. The number of fused-ring (bicyclic) bond motifs is 7. The summed E-state index contributed by atoms with van der Waals surface area (Å²) >= 11 is 0. The molecule has 0 unspecified atom stereocenters. The predicted molar refractivity (Wildman–Crippen MR) is 293 cm³/mol. The number of phenolic OH excluding ortho intramolecular Hbond substituents is 3. The van der Waals surface area contributed by atoms with Crippen LogP contribution in [0.25, 0.3) is 71.7 Å². The van der Waals surface area contributed by atoms with Gasteiger partial charge in [0.1, 0.15) is 22.9 Å². The molecule has 0 atom stereocenters. The molecule has 0 saturated carbocycles. The van der Waals surface area contributed by atoms with Crippen molar-refractivity contribution >= 4 is 55.4 Å². The lowest BCUT2D eigenvalue weighted by Gasteiger charge is -2.15. The van der Waals surface area contributed by atoms with Gasteiger partial charge in [0.2, 0.25) is 0 Å². The molecule has 1 aromatic heterocycles. The first kappa shape index (κ1) is 49.6. The van der Waals surface area contributed by atoms with E-state index < -0.39 is 17.7 Å². The maximum Gasteiger partial charge on any atom is 0.369 e. The number of aromatic amines is 1. The van der Waals surface area contributed by atoms with Crippen LogP contribution < -0.4 is 20.7 Å². The number of ether oxygens (including phenoxy) is 1. The van der Waals surface area contributed by atoms with Gasteiger partial charge in [0.05, 0.1) is 45.5 Å². The highest BCUT2D eigenvalue weighted by Gasteiger charge is 2.27. The van der Waals surface area contributed by atoms with Gasteiger partial charge in [-0.1, -0.05) is 80.3 Å². The number of benzene rings is 8. The number of aromatic carboxylic acids is 1. The lowest BCUT2D eigenvalue weighted by molar-refractivity contribution is -0.254. The van der Waals surface area contributed by atoms with Gasteiger partial charge in [0.25, 0.3) is 11.5 Å². The van der Waals surface area contributed by atoms with Crippen LogP contribution in [0.5, 0.6) is 23.0 Å². The molecule has 384 valence electrons. The fourth-order valence-corrected chi connectivity index (χ4v) is 10.2. The van der Waals surface area contributed by atoms with Crippen molar-refractivity contribution in [3.63, 3.8) is 0 Å². The maximum absolute atomic E-state index is 15.4. The molecule has 1 amide bonds. The highest BCUT2D eigenvalue weighted by Crippen LogP contribution is 2.43. The Morgan fingerprint density at radius 3 is 2.00 bits per heavy atom. The molecule has 0 saturated heterocycles. The summed E-state index contributed by atoms with van der Waals surface area (Å²) in [7, 11) is 0. The van der Waals surface area contributed by atoms with Crippen molar-refractivity contribution in [1.29, 1.82) is 0 Å². The van der Waals surface area contributed by atoms with Crippen LogP contribution >= 0.6 is 0 Å². The van der Waals surface area contributed by atoms with Gasteiger partial charge in [0.15, 0.2) is 17.4 Å². The first-order valence-electron chi connectivity index (χ1n) is 25.5. The molecule has 11 rings (SSSR count). The number of amides is 1. The molecular weight excluding hydrogens is 976 g/mol. The molecule has 0 bridgehead atoms. The molecule has 2 aliphatic rings. The number of phenols is 3. The highest BCUT2D eigenvalue weighted by molar-refractivity contribution is 6.21. The number of imidazole rings is 1. The van der Waals surface area contributed by atoms with Crippen molar-refractivity contribution in [2.45, 2.75) is 51.4 Å². The predicted octanol–water partition coefficient (Wildman–Crippen LogP) is 11.8. The normalized spacial score (nSPS) is 11.5. The Hall–Kier alpha value is -9.56. The van der Waals surface area contributed by atoms with E-state index in [1.54, 1.807) is 91.1 Å². The second kappa shape index (κ2) is 21.4. The minimum absolute atomic E-state index is 0.0855. The fraction of sp³-hybridized carbons (Fsp3) is 0.159. The SMILES string of the molecule is O=C(NCCCCCCCCOc1ccc(Cc2nc3c(Cc4ccccc4)[nH]c(-c4ccc(O)cc4)cn-3c2=O)cc1F)c1ccc(-c2c3ccc4cc(O)ccc4c3[o+]c3c2ccc2cc(O)ccc23)c(C(=O)[O-])c1. The van der Waals surface area contributed by atoms with Gasteiger partial charge < -0.3 is 40.3 Å². The second-order valence-electron chi connectivity index (χ2n) is 19.3. The van der Waals surface area contributed by atoms with Gasteiger partial charge in [-0.25, -0.2) is 13.8 Å². The summed E-state index contributed by atoms with van der Waals surface area (Å²) in [5.74, 6) is -1.46. The maximum atomic E-state index is 15.4. The number of H-pyrrole nitrogens is 1. The zero-order chi connectivity index (χ0) is 53.2. The van der Waals surface area contributed by atoms with Crippen molar-refractivity contribution in [1.82, 2.24) is 19.9 Å². The number of rotatable bonds is 18. The van der Waals surface area contributed by atoms with Crippen LogP contribution in [0.4, 0.5) is 4.39 Å². The number of aromatic hydroxyl groups is 3. The Bertz CT molecular complexity index is 3980. The number of halogens is 1. The highest BCUT2D eigenvalue weighted by atomic mass is 19.1. The van der Waals surface area contributed by atoms with E-state index in [4.69, 9.17) is 14.1 Å². The molecule has 0 spiro atoms. The van der Waals surface area contributed by atoms with Gasteiger partial charge in [-0.15, -0.1) is 0 Å². The molecule has 14 heteroatoms. The number of unbranched alkanes of at least 4 members (excludes halogenated alkanes) is 5. The van der Waals surface area contributed by atoms with Crippen LogP contribution in [0, 0.1) is 5.82 Å². The number of nitrogens with one attached hydrogen (secondary N) is 2. The number of carboxylic acid groups (broad SMARTS) is 1. The smallest absolute Gasteiger partial charge is 0.369 e. The van der Waals surface area contributed by atoms with E-state index in [-0.39, 0.29) is 51.8 Å². The third kappa shape index (κ3) is 10.3. The Morgan fingerprint density at radius 1 is 0.675 bits per heavy atom. The molecule has 2 aliphatic heterocycles. The van der Waals surface area contributed by atoms with Crippen LogP contribution in [0.2, 0.25) is 0 Å². The molecular formula is C63H51FN4O9. The summed E-state index contributed by atoms with van der Waals surface area (Å²) < 4.78 is 29.3. The Balaban J connectivity index is 0.678. The topological polar surface area (TPSA) is 201 Å². The zero-order valence-electron chi connectivity index (χ0n) is 41.6. The zero-order valence-corrected chi connectivity index (χ0v) is 41.6. The van der Waals surface area contributed by atoms with E-state index in [0.717, 1.165) is 59.7 Å². The van der Waals surface area contributed by atoms with E-state index >= 15 is 4.39 Å². The van der Waals surface area contributed by atoms with Gasteiger partial charge >= 0.3 is 11.2 Å². The van der Waals surface area contributed by atoms with E-state index in [2.05, 4.69) is 10.3 Å². The number of carbonyl (C=O) groups is 2. The van der Waals surface area contributed by atoms with Crippen molar-refractivity contribution in [3.8, 4) is 51.2 Å². The summed E-state index contributed by atoms with van der Waals surface area (Å²) in [4.78, 5) is 48.3. The van der Waals surface area contributed by atoms with Crippen molar-refractivity contribution in [2.24, 2.45) is 0 Å². The lowest BCUT2D eigenvalue weighted by Crippen LogP contribution is -2.27. The van der Waals surface area contributed by atoms with Crippen molar-refractivity contribution < 1.29 is 43.6 Å². The number of hydrogen-bond donors (Lipinski definition) is 5. The van der Waals surface area contributed by atoms with Gasteiger partial charge in [-0.2, -0.15) is 0 Å².